The molecule has 0 amide bonds. The molecule has 0 heterocycles. The number of ether oxygens (including phenoxy) is 1. The van der Waals surface area contributed by atoms with Crippen molar-refractivity contribution in [3.05, 3.63) is 71.8 Å². The molecule has 0 aromatic heterocycles. The first-order valence-electron chi connectivity index (χ1n) is 7.71. The third-order valence-corrected chi connectivity index (χ3v) is 3.26. The number of hydrogen-bond donors (Lipinski definition) is 2. The summed E-state index contributed by atoms with van der Waals surface area (Å²) in [5.74, 6) is 0. The third-order valence-electron chi connectivity index (χ3n) is 3.26. The van der Waals surface area contributed by atoms with E-state index >= 15 is 0 Å². The quantitative estimate of drug-likeness (QED) is 0.822. The van der Waals surface area contributed by atoms with Gasteiger partial charge in [-0.15, -0.1) is 0 Å². The minimum absolute atomic E-state index is 0.140. The molecular weight excluding hydrogens is 276 g/mol. The fraction of sp³-hybridized carbons (Fsp3) is 0.368. The van der Waals surface area contributed by atoms with Gasteiger partial charge < -0.3 is 14.9 Å². The summed E-state index contributed by atoms with van der Waals surface area (Å²) in [6.45, 7) is 3.05. The maximum absolute atomic E-state index is 8.78. The molecule has 0 aliphatic heterocycles. The molecule has 2 rings (SSSR count). The summed E-state index contributed by atoms with van der Waals surface area (Å²) >= 11 is 0. The summed E-state index contributed by atoms with van der Waals surface area (Å²) in [5, 5.41) is 17.3. The number of hydrogen-bond acceptors (Lipinski definition) is 3. The lowest BCUT2D eigenvalue weighted by atomic mass is 10.2. The van der Waals surface area contributed by atoms with Crippen LogP contribution in [0.25, 0.3) is 0 Å². The fourth-order valence-electron chi connectivity index (χ4n) is 1.92. The average molecular weight is 302 g/mol. The Balaban J connectivity index is 0.000000255. The van der Waals surface area contributed by atoms with Crippen LogP contribution in [0.3, 0.4) is 0 Å². The summed E-state index contributed by atoms with van der Waals surface area (Å²) in [5.41, 5.74) is 2.15. The molecule has 0 radical (unpaired) electrons. The van der Waals surface area contributed by atoms with Gasteiger partial charge >= 0.3 is 0 Å². The van der Waals surface area contributed by atoms with Gasteiger partial charge in [-0.1, -0.05) is 67.6 Å². The Labute approximate surface area is 133 Å². The van der Waals surface area contributed by atoms with E-state index in [-0.39, 0.29) is 19.3 Å². The molecule has 0 bridgehead atoms. The molecule has 0 spiro atoms. The highest BCUT2D eigenvalue weighted by Gasteiger charge is 2.05. The molecule has 22 heavy (non-hydrogen) atoms. The van der Waals surface area contributed by atoms with Crippen molar-refractivity contribution >= 4 is 0 Å². The van der Waals surface area contributed by atoms with E-state index in [1.165, 1.54) is 5.56 Å². The standard InChI is InChI=1S/C12H18O2.C7H8O/c1-2-12(8-9-13)14-10-11-6-4-3-5-7-11;8-6-7-4-2-1-3-5-7/h3-7,12-13H,2,8-10H2,1H3;1-5,8H,6H2. The number of rotatable bonds is 7. The minimum Gasteiger partial charge on any atom is -0.396 e. The minimum atomic E-state index is 0.140. The Hall–Kier alpha value is -1.68. The maximum atomic E-state index is 8.78. The molecule has 0 aliphatic rings. The van der Waals surface area contributed by atoms with Crippen molar-refractivity contribution in [2.75, 3.05) is 6.61 Å². The lowest BCUT2D eigenvalue weighted by Gasteiger charge is -2.14. The van der Waals surface area contributed by atoms with Gasteiger partial charge in [0.05, 0.1) is 19.3 Å². The van der Waals surface area contributed by atoms with E-state index in [0.717, 1.165) is 18.4 Å². The highest BCUT2D eigenvalue weighted by Crippen LogP contribution is 2.08. The van der Waals surface area contributed by atoms with Crippen LogP contribution in [0.1, 0.15) is 30.9 Å². The Bertz CT molecular complexity index is 471. The van der Waals surface area contributed by atoms with Crippen LogP contribution in [0, 0.1) is 0 Å². The van der Waals surface area contributed by atoms with Crippen LogP contribution in [0.15, 0.2) is 60.7 Å². The largest absolute Gasteiger partial charge is 0.396 e. The van der Waals surface area contributed by atoms with E-state index in [1.54, 1.807) is 0 Å². The Morgan fingerprint density at radius 3 is 1.82 bits per heavy atom. The van der Waals surface area contributed by atoms with Crippen molar-refractivity contribution in [1.29, 1.82) is 0 Å². The van der Waals surface area contributed by atoms with Gasteiger partial charge in [0, 0.05) is 6.61 Å². The first-order chi connectivity index (χ1) is 10.8. The van der Waals surface area contributed by atoms with Gasteiger partial charge in [0.15, 0.2) is 0 Å². The molecule has 120 valence electrons. The molecule has 1 unspecified atom stereocenters. The summed E-state index contributed by atoms with van der Waals surface area (Å²) in [6, 6.07) is 19.6. The Morgan fingerprint density at radius 1 is 0.864 bits per heavy atom. The highest BCUT2D eigenvalue weighted by molar-refractivity contribution is 5.13. The normalized spacial score (nSPS) is 11.4. The van der Waals surface area contributed by atoms with Crippen molar-refractivity contribution in [2.45, 2.75) is 39.1 Å². The van der Waals surface area contributed by atoms with Crippen molar-refractivity contribution < 1.29 is 14.9 Å². The smallest absolute Gasteiger partial charge is 0.0720 e. The van der Waals surface area contributed by atoms with Crippen LogP contribution in [0.2, 0.25) is 0 Å². The van der Waals surface area contributed by atoms with Crippen molar-refractivity contribution in [3.63, 3.8) is 0 Å². The monoisotopic (exact) mass is 302 g/mol. The van der Waals surface area contributed by atoms with Crippen LogP contribution in [0.5, 0.6) is 0 Å². The van der Waals surface area contributed by atoms with E-state index in [1.807, 2.05) is 60.7 Å². The number of benzene rings is 2. The lowest BCUT2D eigenvalue weighted by molar-refractivity contribution is 0.0220. The second kappa shape index (κ2) is 11.9. The Morgan fingerprint density at radius 2 is 1.41 bits per heavy atom. The average Bonchev–Trinajstić information content (AvgIpc) is 2.61. The van der Waals surface area contributed by atoms with Crippen LogP contribution in [0.4, 0.5) is 0 Å². The molecule has 2 N–H and O–H groups in total. The SMILES string of the molecule is CCC(CCO)OCc1ccccc1.OCc1ccccc1. The molecule has 2 aromatic carbocycles. The fourth-order valence-corrected chi connectivity index (χ4v) is 1.92. The van der Waals surface area contributed by atoms with Gasteiger partial charge in [0.25, 0.3) is 0 Å². The van der Waals surface area contributed by atoms with E-state index < -0.39 is 0 Å². The topological polar surface area (TPSA) is 49.7 Å². The van der Waals surface area contributed by atoms with Gasteiger partial charge in [-0.05, 0) is 24.0 Å². The van der Waals surface area contributed by atoms with E-state index in [4.69, 9.17) is 14.9 Å². The number of aliphatic hydroxyl groups is 2. The van der Waals surface area contributed by atoms with Crippen LogP contribution < -0.4 is 0 Å². The van der Waals surface area contributed by atoms with Crippen molar-refractivity contribution in [2.24, 2.45) is 0 Å². The summed E-state index contributed by atoms with van der Waals surface area (Å²) in [7, 11) is 0. The number of aliphatic hydroxyl groups excluding tert-OH is 2. The highest BCUT2D eigenvalue weighted by atomic mass is 16.5. The molecule has 0 fully saturated rings. The zero-order valence-corrected chi connectivity index (χ0v) is 13.2. The zero-order valence-electron chi connectivity index (χ0n) is 13.2. The molecule has 0 saturated heterocycles. The molecule has 1 atom stereocenters. The molecule has 0 aliphatic carbocycles. The maximum Gasteiger partial charge on any atom is 0.0720 e. The summed E-state index contributed by atoms with van der Waals surface area (Å²) in [6.07, 6.45) is 1.86. The molecule has 0 saturated carbocycles. The second-order valence-electron chi connectivity index (χ2n) is 4.98. The molecule has 3 nitrogen and oxygen atoms in total. The summed E-state index contributed by atoms with van der Waals surface area (Å²) < 4.78 is 5.66. The lowest BCUT2D eigenvalue weighted by Crippen LogP contribution is -2.13. The van der Waals surface area contributed by atoms with Crippen LogP contribution >= 0.6 is 0 Å². The van der Waals surface area contributed by atoms with Crippen molar-refractivity contribution in [3.8, 4) is 0 Å². The summed E-state index contributed by atoms with van der Waals surface area (Å²) in [4.78, 5) is 0. The van der Waals surface area contributed by atoms with Gasteiger partial charge in [-0.25, -0.2) is 0 Å². The molecular formula is C19H26O3. The van der Waals surface area contributed by atoms with Gasteiger partial charge in [0.2, 0.25) is 0 Å². The first-order valence-corrected chi connectivity index (χ1v) is 7.71. The molecule has 2 aromatic rings. The first kappa shape index (κ1) is 18.4. The third kappa shape index (κ3) is 7.93. The van der Waals surface area contributed by atoms with Gasteiger partial charge in [0.1, 0.15) is 0 Å². The predicted octanol–water partition coefficient (Wildman–Crippen LogP) is 3.54. The van der Waals surface area contributed by atoms with Gasteiger partial charge in [-0.3, -0.25) is 0 Å². The van der Waals surface area contributed by atoms with E-state index in [2.05, 4.69) is 6.92 Å². The van der Waals surface area contributed by atoms with Crippen LogP contribution in [-0.4, -0.2) is 22.9 Å². The predicted molar refractivity (Wildman–Crippen MR) is 89.4 cm³/mol. The second-order valence-corrected chi connectivity index (χ2v) is 4.98. The zero-order chi connectivity index (χ0) is 16.0. The van der Waals surface area contributed by atoms with E-state index in [9.17, 15) is 0 Å². The molecule has 3 heteroatoms. The van der Waals surface area contributed by atoms with Gasteiger partial charge in [-0.2, -0.15) is 0 Å². The van der Waals surface area contributed by atoms with E-state index in [0.29, 0.717) is 6.61 Å². The van der Waals surface area contributed by atoms with Crippen molar-refractivity contribution in [1.82, 2.24) is 0 Å². The van der Waals surface area contributed by atoms with Crippen LogP contribution in [-0.2, 0) is 18.0 Å². The Kier molecular flexibility index (Phi) is 9.96.